The van der Waals surface area contributed by atoms with E-state index in [1.165, 1.54) is 25.3 Å². The molecule has 2 N–H and O–H groups in total. The van der Waals surface area contributed by atoms with Gasteiger partial charge in [-0.3, -0.25) is 4.79 Å². The van der Waals surface area contributed by atoms with Gasteiger partial charge in [0, 0.05) is 22.6 Å². The number of pyridine rings is 1. The first-order valence-electron chi connectivity index (χ1n) is 9.84. The molecule has 0 spiro atoms. The Kier molecular flexibility index (Phi) is 5.81. The van der Waals surface area contributed by atoms with E-state index in [4.69, 9.17) is 4.74 Å². The van der Waals surface area contributed by atoms with Crippen LogP contribution in [0.2, 0.25) is 0 Å². The van der Waals surface area contributed by atoms with E-state index in [1.54, 1.807) is 43.3 Å². The van der Waals surface area contributed by atoms with Crippen molar-refractivity contribution in [2.24, 2.45) is 5.10 Å². The number of phenols is 1. The monoisotopic (exact) mass is 429 g/mol. The van der Waals surface area contributed by atoms with Crippen LogP contribution in [0.1, 0.15) is 22.8 Å². The van der Waals surface area contributed by atoms with Gasteiger partial charge in [-0.15, -0.1) is 0 Å². The van der Waals surface area contributed by atoms with E-state index in [0.717, 1.165) is 0 Å². The van der Waals surface area contributed by atoms with Crippen molar-refractivity contribution in [1.82, 2.24) is 10.4 Å². The second kappa shape index (κ2) is 8.85. The lowest BCUT2D eigenvalue weighted by atomic mass is 10.0. The molecule has 0 fully saturated rings. The predicted molar refractivity (Wildman–Crippen MR) is 121 cm³/mol. The molecule has 32 heavy (non-hydrogen) atoms. The number of hydrazone groups is 1. The number of amides is 1. The SMILES string of the molecule is COc1ccc(C(C)=NNC(=O)c2cc(-c3ccc(F)cc3)nc3ccccc23)c(O)c1. The quantitative estimate of drug-likeness (QED) is 0.349. The van der Waals surface area contributed by atoms with Gasteiger partial charge in [0.2, 0.25) is 0 Å². The maximum Gasteiger partial charge on any atom is 0.272 e. The molecule has 0 aliphatic rings. The molecule has 0 bridgehead atoms. The van der Waals surface area contributed by atoms with Crippen molar-refractivity contribution in [3.05, 3.63) is 89.7 Å². The molecule has 7 heteroatoms. The molecule has 0 radical (unpaired) electrons. The molecule has 0 saturated carbocycles. The second-order valence-electron chi connectivity index (χ2n) is 7.10. The molecular formula is C25H20FN3O3. The molecule has 0 saturated heterocycles. The summed E-state index contributed by atoms with van der Waals surface area (Å²) in [5.74, 6) is -0.272. The van der Waals surface area contributed by atoms with Gasteiger partial charge >= 0.3 is 0 Å². The number of benzene rings is 3. The van der Waals surface area contributed by atoms with E-state index in [1.807, 2.05) is 18.2 Å². The molecule has 4 aromatic rings. The number of nitrogens with zero attached hydrogens (tertiary/aromatic N) is 2. The topological polar surface area (TPSA) is 83.8 Å². The average Bonchev–Trinajstić information content (AvgIpc) is 2.82. The maximum atomic E-state index is 13.3. The van der Waals surface area contributed by atoms with Crippen LogP contribution in [0.4, 0.5) is 4.39 Å². The molecule has 0 atom stereocenters. The molecule has 6 nitrogen and oxygen atoms in total. The lowest BCUT2D eigenvalue weighted by Crippen LogP contribution is -2.20. The van der Waals surface area contributed by atoms with E-state index in [-0.39, 0.29) is 11.6 Å². The van der Waals surface area contributed by atoms with Gasteiger partial charge in [0.1, 0.15) is 17.3 Å². The second-order valence-corrected chi connectivity index (χ2v) is 7.10. The van der Waals surface area contributed by atoms with Gasteiger partial charge in [-0.25, -0.2) is 14.8 Å². The lowest BCUT2D eigenvalue weighted by Gasteiger charge is -2.10. The zero-order valence-corrected chi connectivity index (χ0v) is 17.5. The molecule has 0 aliphatic heterocycles. The molecule has 1 heterocycles. The number of aromatic hydroxyl groups is 1. The number of rotatable bonds is 5. The lowest BCUT2D eigenvalue weighted by molar-refractivity contribution is 0.0956. The highest BCUT2D eigenvalue weighted by atomic mass is 19.1. The van der Waals surface area contributed by atoms with Gasteiger partial charge in [-0.05, 0) is 55.5 Å². The number of ether oxygens (including phenoxy) is 1. The van der Waals surface area contributed by atoms with Crippen molar-refractivity contribution >= 4 is 22.5 Å². The Morgan fingerprint density at radius 3 is 2.50 bits per heavy atom. The first kappa shape index (κ1) is 21.0. The molecule has 1 amide bonds. The number of carbonyl (C=O) groups is 1. The number of phenolic OH excluding ortho intramolecular Hbond substituents is 1. The van der Waals surface area contributed by atoms with Crippen LogP contribution < -0.4 is 10.2 Å². The van der Waals surface area contributed by atoms with Crippen LogP contribution in [0, 0.1) is 5.82 Å². The Bertz CT molecular complexity index is 1330. The van der Waals surface area contributed by atoms with Crippen molar-refractivity contribution in [2.75, 3.05) is 7.11 Å². The number of fused-ring (bicyclic) bond motifs is 1. The van der Waals surface area contributed by atoms with Gasteiger partial charge in [-0.2, -0.15) is 5.10 Å². The summed E-state index contributed by atoms with van der Waals surface area (Å²) in [5.41, 5.74) is 5.69. The van der Waals surface area contributed by atoms with Crippen molar-refractivity contribution in [3.8, 4) is 22.8 Å². The maximum absolute atomic E-state index is 13.3. The third kappa shape index (κ3) is 4.27. The molecule has 4 rings (SSSR count). The Morgan fingerprint density at radius 2 is 1.78 bits per heavy atom. The van der Waals surface area contributed by atoms with E-state index in [0.29, 0.717) is 44.7 Å². The largest absolute Gasteiger partial charge is 0.507 e. The summed E-state index contributed by atoms with van der Waals surface area (Å²) >= 11 is 0. The highest BCUT2D eigenvalue weighted by Gasteiger charge is 2.14. The molecule has 3 aromatic carbocycles. The van der Waals surface area contributed by atoms with E-state index in [2.05, 4.69) is 15.5 Å². The summed E-state index contributed by atoms with van der Waals surface area (Å²) in [4.78, 5) is 17.6. The average molecular weight is 429 g/mol. The van der Waals surface area contributed by atoms with Gasteiger partial charge in [0.05, 0.1) is 29.6 Å². The van der Waals surface area contributed by atoms with Crippen molar-refractivity contribution in [1.29, 1.82) is 0 Å². The first-order valence-corrected chi connectivity index (χ1v) is 9.84. The molecule has 160 valence electrons. The number of carbonyl (C=O) groups excluding carboxylic acids is 1. The highest BCUT2D eigenvalue weighted by molar-refractivity contribution is 6.08. The minimum atomic E-state index is -0.431. The van der Waals surface area contributed by atoms with Crippen LogP contribution >= 0.6 is 0 Å². The zero-order valence-electron chi connectivity index (χ0n) is 17.5. The van der Waals surface area contributed by atoms with Crippen molar-refractivity contribution in [2.45, 2.75) is 6.92 Å². The summed E-state index contributed by atoms with van der Waals surface area (Å²) in [5, 5.41) is 15.0. The minimum absolute atomic E-state index is 0.00666. The number of methoxy groups -OCH3 is 1. The fourth-order valence-corrected chi connectivity index (χ4v) is 3.33. The smallest absolute Gasteiger partial charge is 0.272 e. The Labute approximate surface area is 184 Å². The van der Waals surface area contributed by atoms with Crippen LogP contribution in [0.3, 0.4) is 0 Å². The molecule has 1 aromatic heterocycles. The summed E-state index contributed by atoms with van der Waals surface area (Å²) in [6.45, 7) is 1.68. The van der Waals surface area contributed by atoms with Crippen molar-refractivity contribution in [3.63, 3.8) is 0 Å². The molecular weight excluding hydrogens is 409 g/mol. The van der Waals surface area contributed by atoms with Crippen LogP contribution in [-0.2, 0) is 0 Å². The summed E-state index contributed by atoms with van der Waals surface area (Å²) in [6.07, 6.45) is 0. The Morgan fingerprint density at radius 1 is 1.03 bits per heavy atom. The van der Waals surface area contributed by atoms with E-state index in [9.17, 15) is 14.3 Å². The standard InChI is InChI=1S/C25H20FN3O3/c1-15(19-12-11-18(32-2)13-24(19)30)28-29-25(31)21-14-23(16-7-9-17(26)10-8-16)27-22-6-4-3-5-20(21)22/h3-14,30H,1-2H3,(H,29,31). The minimum Gasteiger partial charge on any atom is -0.507 e. The number of nitrogens with one attached hydrogen (secondary N) is 1. The fourth-order valence-electron chi connectivity index (χ4n) is 3.33. The van der Waals surface area contributed by atoms with Crippen LogP contribution in [-0.4, -0.2) is 28.8 Å². The zero-order chi connectivity index (χ0) is 22.7. The number of para-hydroxylation sites is 1. The predicted octanol–water partition coefficient (Wildman–Crippen LogP) is 4.91. The van der Waals surface area contributed by atoms with E-state index >= 15 is 0 Å². The normalized spacial score (nSPS) is 11.4. The van der Waals surface area contributed by atoms with Gasteiger partial charge in [-0.1, -0.05) is 18.2 Å². The number of aromatic nitrogens is 1. The number of halogens is 1. The first-order chi connectivity index (χ1) is 15.5. The molecule has 0 aliphatic carbocycles. The summed E-state index contributed by atoms with van der Waals surface area (Å²) in [6, 6.07) is 19.7. The third-order valence-corrected chi connectivity index (χ3v) is 5.02. The fraction of sp³-hybridized carbons (Fsp3) is 0.0800. The van der Waals surface area contributed by atoms with Gasteiger partial charge in [0.15, 0.2) is 0 Å². The Hall–Kier alpha value is -4.26. The highest BCUT2D eigenvalue weighted by Crippen LogP contribution is 2.26. The summed E-state index contributed by atoms with van der Waals surface area (Å²) < 4.78 is 18.4. The van der Waals surface area contributed by atoms with Crippen LogP contribution in [0.15, 0.2) is 77.9 Å². The number of hydrogen-bond donors (Lipinski definition) is 2. The van der Waals surface area contributed by atoms with Crippen molar-refractivity contribution < 1.29 is 19.0 Å². The Balaban J connectivity index is 1.68. The third-order valence-electron chi connectivity index (χ3n) is 5.02. The van der Waals surface area contributed by atoms with Crippen LogP contribution in [0.5, 0.6) is 11.5 Å². The van der Waals surface area contributed by atoms with E-state index < -0.39 is 5.91 Å². The molecule has 0 unspecified atom stereocenters. The number of hydrogen-bond acceptors (Lipinski definition) is 5. The van der Waals surface area contributed by atoms with Crippen LogP contribution in [0.25, 0.3) is 22.2 Å². The van der Waals surface area contributed by atoms with Gasteiger partial charge in [0.25, 0.3) is 5.91 Å². The van der Waals surface area contributed by atoms with Gasteiger partial charge < -0.3 is 9.84 Å². The summed E-state index contributed by atoms with van der Waals surface area (Å²) in [7, 11) is 1.51.